The van der Waals surface area contributed by atoms with Crippen molar-refractivity contribution in [1.29, 1.82) is 0 Å². The van der Waals surface area contributed by atoms with Crippen LogP contribution in [-0.4, -0.2) is 21.2 Å². The van der Waals surface area contributed by atoms with Gasteiger partial charge in [0.15, 0.2) is 0 Å². The third kappa shape index (κ3) is 2.65. The van der Waals surface area contributed by atoms with Crippen molar-refractivity contribution in [2.75, 3.05) is 16.4 Å². The van der Waals surface area contributed by atoms with E-state index in [4.69, 9.17) is 0 Å². The molecule has 0 aliphatic carbocycles. The first-order valence-corrected chi connectivity index (χ1v) is 7.54. The minimum absolute atomic E-state index is 0.0590. The zero-order valence-corrected chi connectivity index (χ0v) is 12.0. The monoisotopic (exact) mass is 288 g/mol. The van der Waals surface area contributed by atoms with Crippen LogP contribution in [0.1, 0.15) is 12.6 Å². The van der Waals surface area contributed by atoms with Gasteiger partial charge in [0, 0.05) is 23.3 Å². The summed E-state index contributed by atoms with van der Waals surface area (Å²) in [6.45, 7) is 3.72. The Kier molecular flexibility index (Phi) is 3.64. The lowest BCUT2D eigenvalue weighted by Gasteiger charge is -2.17. The number of rotatable bonds is 4. The molecular weight excluding hydrogens is 272 g/mol. The molecule has 1 aliphatic rings. The van der Waals surface area contributed by atoms with Crippen molar-refractivity contribution in [2.24, 2.45) is 0 Å². The number of amides is 1. The number of fused-ring (bicyclic) bond motifs is 1. The molecule has 6 heteroatoms. The van der Waals surface area contributed by atoms with Crippen LogP contribution in [0.25, 0.3) is 0 Å². The first-order valence-electron chi connectivity index (χ1n) is 6.56. The maximum absolute atomic E-state index is 11.4. The highest BCUT2D eigenvalue weighted by molar-refractivity contribution is 8.00. The summed E-state index contributed by atoms with van der Waals surface area (Å²) in [5.74, 6) is 0.554. The van der Waals surface area contributed by atoms with Crippen LogP contribution in [0.3, 0.4) is 0 Å². The summed E-state index contributed by atoms with van der Waals surface area (Å²) in [7, 11) is 0. The van der Waals surface area contributed by atoms with Gasteiger partial charge in [-0.05, 0) is 25.1 Å². The zero-order chi connectivity index (χ0) is 13.9. The lowest BCUT2D eigenvalue weighted by molar-refractivity contribution is -0.113. The van der Waals surface area contributed by atoms with Gasteiger partial charge in [-0.2, -0.15) is 0 Å². The fraction of sp³-hybridized carbons (Fsp3) is 0.286. The maximum atomic E-state index is 11.4. The summed E-state index contributed by atoms with van der Waals surface area (Å²) in [6.07, 6.45) is 3.70. The van der Waals surface area contributed by atoms with Crippen LogP contribution in [0.4, 0.5) is 11.4 Å². The Morgan fingerprint density at radius 1 is 1.50 bits per heavy atom. The molecule has 0 bridgehead atoms. The lowest BCUT2D eigenvalue weighted by Crippen LogP contribution is -2.18. The standard InChI is InChI=1S/C14H16N4OS/c1-2-18-9-15-6-11(18)7-16-10-3-4-13-12(5-10)17-14(19)8-20-13/h3-6,9,16H,2,7-8H2,1H3,(H,17,19). The number of carbonyl (C=O) groups is 1. The maximum Gasteiger partial charge on any atom is 0.234 e. The van der Waals surface area contributed by atoms with E-state index < -0.39 is 0 Å². The van der Waals surface area contributed by atoms with Crippen LogP contribution < -0.4 is 10.6 Å². The zero-order valence-electron chi connectivity index (χ0n) is 11.2. The number of nitrogens with zero attached hydrogens (tertiary/aromatic N) is 2. The van der Waals surface area contributed by atoms with E-state index in [2.05, 4.69) is 27.1 Å². The predicted octanol–water partition coefficient (Wildman–Crippen LogP) is 2.56. The molecule has 0 saturated heterocycles. The summed E-state index contributed by atoms with van der Waals surface area (Å²) < 4.78 is 2.10. The second-order valence-electron chi connectivity index (χ2n) is 4.57. The minimum atomic E-state index is 0.0590. The second kappa shape index (κ2) is 5.58. The molecule has 1 amide bonds. The lowest BCUT2D eigenvalue weighted by atomic mass is 10.2. The van der Waals surface area contributed by atoms with E-state index in [0.29, 0.717) is 12.3 Å². The number of benzene rings is 1. The van der Waals surface area contributed by atoms with Crippen LogP contribution in [0.5, 0.6) is 0 Å². The molecule has 2 heterocycles. The van der Waals surface area contributed by atoms with Crippen molar-refractivity contribution < 1.29 is 4.79 Å². The smallest absolute Gasteiger partial charge is 0.234 e. The number of anilines is 2. The van der Waals surface area contributed by atoms with Crippen molar-refractivity contribution in [3.05, 3.63) is 36.4 Å². The number of imidazole rings is 1. The fourth-order valence-corrected chi connectivity index (χ4v) is 2.95. The van der Waals surface area contributed by atoms with E-state index in [9.17, 15) is 4.79 Å². The largest absolute Gasteiger partial charge is 0.379 e. The molecule has 0 atom stereocenters. The molecule has 5 nitrogen and oxygen atoms in total. The Morgan fingerprint density at radius 2 is 2.40 bits per heavy atom. The van der Waals surface area contributed by atoms with Gasteiger partial charge in [0.1, 0.15) is 0 Å². The van der Waals surface area contributed by atoms with Gasteiger partial charge in [0.05, 0.1) is 30.0 Å². The van der Waals surface area contributed by atoms with Gasteiger partial charge in [-0.15, -0.1) is 11.8 Å². The summed E-state index contributed by atoms with van der Waals surface area (Å²) >= 11 is 1.57. The molecule has 1 aliphatic heterocycles. The van der Waals surface area contributed by atoms with E-state index in [-0.39, 0.29) is 5.91 Å². The van der Waals surface area contributed by atoms with Crippen LogP contribution in [0.15, 0.2) is 35.6 Å². The van der Waals surface area contributed by atoms with E-state index in [0.717, 1.165) is 28.5 Å². The molecule has 0 unspecified atom stereocenters. The summed E-state index contributed by atoms with van der Waals surface area (Å²) in [5, 5.41) is 6.26. The molecule has 2 aromatic rings. The van der Waals surface area contributed by atoms with Crippen LogP contribution in [-0.2, 0) is 17.9 Å². The number of carbonyl (C=O) groups excluding carboxylic acids is 1. The average Bonchev–Trinajstić information content (AvgIpc) is 2.92. The SMILES string of the molecule is CCn1cncc1CNc1ccc2c(c1)NC(=O)CS2. The Labute approximate surface area is 121 Å². The Morgan fingerprint density at radius 3 is 3.25 bits per heavy atom. The van der Waals surface area contributed by atoms with Crippen molar-refractivity contribution in [1.82, 2.24) is 9.55 Å². The van der Waals surface area contributed by atoms with E-state index >= 15 is 0 Å². The van der Waals surface area contributed by atoms with Crippen LogP contribution in [0, 0.1) is 0 Å². The summed E-state index contributed by atoms with van der Waals surface area (Å²) in [5.41, 5.74) is 3.03. The fourth-order valence-electron chi connectivity index (χ4n) is 2.17. The third-order valence-electron chi connectivity index (χ3n) is 3.23. The van der Waals surface area contributed by atoms with Gasteiger partial charge in [-0.25, -0.2) is 4.98 Å². The number of aromatic nitrogens is 2. The number of hydrogen-bond donors (Lipinski definition) is 2. The average molecular weight is 288 g/mol. The number of hydrogen-bond acceptors (Lipinski definition) is 4. The van der Waals surface area contributed by atoms with Gasteiger partial charge in [-0.1, -0.05) is 0 Å². The normalized spacial score (nSPS) is 13.8. The van der Waals surface area contributed by atoms with Gasteiger partial charge >= 0.3 is 0 Å². The van der Waals surface area contributed by atoms with E-state index in [1.165, 1.54) is 0 Å². The highest BCUT2D eigenvalue weighted by atomic mass is 32.2. The molecule has 0 radical (unpaired) electrons. The van der Waals surface area contributed by atoms with E-state index in [1.807, 2.05) is 30.7 Å². The molecule has 1 aromatic carbocycles. The molecule has 0 saturated carbocycles. The van der Waals surface area contributed by atoms with Crippen LogP contribution in [0.2, 0.25) is 0 Å². The quantitative estimate of drug-likeness (QED) is 0.908. The summed E-state index contributed by atoms with van der Waals surface area (Å²) in [6, 6.07) is 6.06. The molecule has 1 aromatic heterocycles. The Bertz CT molecular complexity index is 638. The van der Waals surface area contributed by atoms with Crippen molar-refractivity contribution in [3.63, 3.8) is 0 Å². The number of nitrogens with one attached hydrogen (secondary N) is 2. The third-order valence-corrected chi connectivity index (χ3v) is 4.30. The highest BCUT2D eigenvalue weighted by Gasteiger charge is 2.15. The van der Waals surface area contributed by atoms with Crippen molar-refractivity contribution in [2.45, 2.75) is 24.9 Å². The Balaban J connectivity index is 1.72. The van der Waals surface area contributed by atoms with Gasteiger partial charge < -0.3 is 15.2 Å². The molecular formula is C14H16N4OS. The first kappa shape index (κ1) is 13.1. The second-order valence-corrected chi connectivity index (χ2v) is 5.59. The van der Waals surface area contributed by atoms with Crippen molar-refractivity contribution in [3.8, 4) is 0 Å². The highest BCUT2D eigenvalue weighted by Crippen LogP contribution is 2.33. The molecule has 0 fully saturated rings. The van der Waals surface area contributed by atoms with Crippen LogP contribution >= 0.6 is 11.8 Å². The minimum Gasteiger partial charge on any atom is -0.379 e. The van der Waals surface area contributed by atoms with Gasteiger partial charge in [0.2, 0.25) is 5.91 Å². The number of thioether (sulfide) groups is 1. The first-order chi connectivity index (χ1) is 9.76. The molecule has 0 spiro atoms. The molecule has 20 heavy (non-hydrogen) atoms. The van der Waals surface area contributed by atoms with Gasteiger partial charge in [0.25, 0.3) is 0 Å². The van der Waals surface area contributed by atoms with Gasteiger partial charge in [-0.3, -0.25) is 4.79 Å². The van der Waals surface area contributed by atoms with E-state index in [1.54, 1.807) is 11.8 Å². The van der Waals surface area contributed by atoms with Crippen molar-refractivity contribution >= 4 is 29.0 Å². The molecule has 104 valence electrons. The summed E-state index contributed by atoms with van der Waals surface area (Å²) in [4.78, 5) is 16.7. The molecule has 2 N–H and O–H groups in total. The number of aryl methyl sites for hydroxylation is 1. The predicted molar refractivity (Wildman–Crippen MR) is 81.0 cm³/mol. The molecule has 3 rings (SSSR count). The Hall–Kier alpha value is -1.95. The topological polar surface area (TPSA) is 59.0 Å².